The minimum Gasteiger partial charge on any atom is -0.315 e. The van der Waals surface area contributed by atoms with Crippen LogP contribution in [0.2, 0.25) is 0 Å². The number of hydrogen-bond acceptors (Lipinski definition) is 3. The molecule has 0 saturated heterocycles. The van der Waals surface area contributed by atoms with Crippen LogP contribution in [0.5, 0.6) is 0 Å². The van der Waals surface area contributed by atoms with Crippen molar-refractivity contribution in [3.63, 3.8) is 0 Å². The Morgan fingerprint density at radius 3 is 2.23 bits per heavy atom. The number of unbranched alkanes of at least 4 members (excludes halogenated alkanes) is 1. The highest BCUT2D eigenvalue weighted by molar-refractivity contribution is 5.97. The normalized spacial score (nSPS) is 11.2. The van der Waals surface area contributed by atoms with Gasteiger partial charge in [0.1, 0.15) is 18.2 Å². The van der Waals surface area contributed by atoms with Gasteiger partial charge >= 0.3 is 12.2 Å². The summed E-state index contributed by atoms with van der Waals surface area (Å²) in [5.74, 6) is -0.619. The van der Waals surface area contributed by atoms with Crippen LogP contribution in [0.3, 0.4) is 0 Å². The second-order valence-electron chi connectivity index (χ2n) is 9.00. The molecule has 0 unspecified atom stereocenters. The smallest absolute Gasteiger partial charge is 0.315 e. The van der Waals surface area contributed by atoms with Crippen LogP contribution in [0.4, 0.5) is 33.9 Å². The van der Waals surface area contributed by atoms with E-state index in [1.54, 1.807) is 6.07 Å². The minimum absolute atomic E-state index is 0.168. The number of halogens is 4. The second-order valence-corrected chi connectivity index (χ2v) is 9.00. The molecule has 0 saturated carbocycles. The summed E-state index contributed by atoms with van der Waals surface area (Å²) in [6.45, 7) is 1.86. The Bertz CT molecular complexity index is 1440. The van der Waals surface area contributed by atoms with Crippen LogP contribution in [0.15, 0.2) is 84.9 Å². The number of benzene rings is 3. The highest BCUT2D eigenvalue weighted by atomic mass is 19.4. The lowest BCUT2D eigenvalue weighted by Gasteiger charge is -2.22. The summed E-state index contributed by atoms with van der Waals surface area (Å²) in [4.78, 5) is 27.4. The molecular formula is C29H27F4N5O2. The number of carbonyl (C=O) groups is 2. The molecule has 4 aromatic rings. The predicted octanol–water partition coefficient (Wildman–Crippen LogP) is 6.97. The summed E-state index contributed by atoms with van der Waals surface area (Å²) < 4.78 is 53.6. The quantitative estimate of drug-likeness (QED) is 0.220. The summed E-state index contributed by atoms with van der Waals surface area (Å²) in [6.07, 6.45) is -3.13. The second kappa shape index (κ2) is 12.5. The lowest BCUT2D eigenvalue weighted by Crippen LogP contribution is -2.41. The molecule has 2 N–H and O–H groups in total. The van der Waals surface area contributed by atoms with Crippen molar-refractivity contribution in [2.45, 2.75) is 25.9 Å². The highest BCUT2D eigenvalue weighted by Gasteiger charge is 2.30. The van der Waals surface area contributed by atoms with E-state index < -0.39 is 29.5 Å². The Hall–Kier alpha value is -4.67. The number of nitrogens with one attached hydrogen (secondary N) is 2. The van der Waals surface area contributed by atoms with Gasteiger partial charge in [0.15, 0.2) is 0 Å². The Kier molecular flexibility index (Phi) is 8.83. The molecule has 0 atom stereocenters. The van der Waals surface area contributed by atoms with Crippen molar-refractivity contribution in [1.29, 1.82) is 0 Å². The summed E-state index contributed by atoms with van der Waals surface area (Å²) in [5.41, 5.74) is 1.23. The SMILES string of the molecule is CCCCN(CC(=O)Nc1cc(-c2ccccc2)nn1-c1ccc(F)cc1)C(=O)Nc1ccc(C(F)(F)F)cc1. The number of alkyl halides is 3. The molecule has 0 aliphatic heterocycles. The van der Waals surface area contributed by atoms with Gasteiger partial charge in [0.05, 0.1) is 16.9 Å². The number of anilines is 2. The highest BCUT2D eigenvalue weighted by Crippen LogP contribution is 2.30. The Morgan fingerprint density at radius 1 is 0.925 bits per heavy atom. The van der Waals surface area contributed by atoms with Crippen molar-refractivity contribution >= 4 is 23.4 Å². The van der Waals surface area contributed by atoms with Gasteiger partial charge in [0.25, 0.3) is 0 Å². The number of carbonyl (C=O) groups excluding carboxylic acids is 2. The van der Waals surface area contributed by atoms with E-state index in [4.69, 9.17) is 0 Å². The maximum absolute atomic E-state index is 13.5. The zero-order valence-corrected chi connectivity index (χ0v) is 21.6. The first-order valence-corrected chi connectivity index (χ1v) is 12.6. The summed E-state index contributed by atoms with van der Waals surface area (Å²) in [7, 11) is 0. The van der Waals surface area contributed by atoms with Crippen LogP contribution < -0.4 is 10.6 Å². The molecule has 4 rings (SSSR count). The van der Waals surface area contributed by atoms with Crippen LogP contribution in [-0.2, 0) is 11.0 Å². The molecule has 40 heavy (non-hydrogen) atoms. The molecule has 0 fully saturated rings. The van der Waals surface area contributed by atoms with Gasteiger partial charge in [-0.15, -0.1) is 0 Å². The van der Waals surface area contributed by atoms with E-state index in [1.165, 1.54) is 33.8 Å². The van der Waals surface area contributed by atoms with Crippen molar-refractivity contribution in [2.75, 3.05) is 23.7 Å². The summed E-state index contributed by atoms with van der Waals surface area (Å²) in [6, 6.07) is 20.0. The third kappa shape index (κ3) is 7.25. The number of hydrogen-bond donors (Lipinski definition) is 2. The van der Waals surface area contributed by atoms with Crippen molar-refractivity contribution < 1.29 is 27.2 Å². The van der Waals surface area contributed by atoms with Crippen molar-refractivity contribution in [2.24, 2.45) is 0 Å². The zero-order valence-electron chi connectivity index (χ0n) is 21.6. The van der Waals surface area contributed by atoms with Gasteiger partial charge < -0.3 is 15.5 Å². The van der Waals surface area contributed by atoms with Crippen LogP contribution in [0, 0.1) is 5.82 Å². The van der Waals surface area contributed by atoms with E-state index in [2.05, 4.69) is 15.7 Å². The zero-order chi connectivity index (χ0) is 28.7. The average Bonchev–Trinajstić information content (AvgIpc) is 3.35. The van der Waals surface area contributed by atoms with E-state index in [-0.39, 0.29) is 18.8 Å². The topological polar surface area (TPSA) is 79.3 Å². The van der Waals surface area contributed by atoms with Crippen molar-refractivity contribution in [1.82, 2.24) is 14.7 Å². The van der Waals surface area contributed by atoms with Gasteiger partial charge in [-0.05, 0) is 55.0 Å². The molecule has 1 heterocycles. The molecule has 208 valence electrons. The van der Waals surface area contributed by atoms with Gasteiger partial charge in [-0.3, -0.25) is 4.79 Å². The molecule has 3 amide bonds. The van der Waals surface area contributed by atoms with Crippen LogP contribution in [-0.4, -0.2) is 39.7 Å². The lowest BCUT2D eigenvalue weighted by atomic mass is 10.1. The number of rotatable bonds is 9. The maximum Gasteiger partial charge on any atom is 0.416 e. The van der Waals surface area contributed by atoms with Crippen LogP contribution in [0.1, 0.15) is 25.3 Å². The van der Waals surface area contributed by atoms with E-state index in [9.17, 15) is 27.2 Å². The fourth-order valence-corrected chi connectivity index (χ4v) is 3.90. The van der Waals surface area contributed by atoms with E-state index in [1.807, 2.05) is 37.3 Å². The van der Waals surface area contributed by atoms with E-state index >= 15 is 0 Å². The molecule has 11 heteroatoms. The van der Waals surface area contributed by atoms with E-state index in [0.717, 1.165) is 36.2 Å². The lowest BCUT2D eigenvalue weighted by molar-refractivity contribution is -0.137. The molecule has 0 aliphatic carbocycles. The molecule has 0 aliphatic rings. The van der Waals surface area contributed by atoms with Gasteiger partial charge in [-0.1, -0.05) is 43.7 Å². The molecule has 0 bridgehead atoms. The standard InChI is InChI=1S/C29H27F4N5O2/c1-2-3-17-37(28(40)34-23-13-9-21(10-14-23)29(31,32)33)19-27(39)35-26-18-25(20-7-5-4-6-8-20)36-38(26)24-15-11-22(30)12-16-24/h4-16,18H,2-3,17,19H2,1H3,(H,34,40)(H,35,39). The molecule has 0 spiro atoms. The Morgan fingerprint density at radius 2 is 1.60 bits per heavy atom. The van der Waals surface area contributed by atoms with Gasteiger partial charge in [0, 0.05) is 23.9 Å². The van der Waals surface area contributed by atoms with Gasteiger partial charge in [0.2, 0.25) is 5.91 Å². The third-order valence-corrected chi connectivity index (χ3v) is 5.98. The molecular weight excluding hydrogens is 526 g/mol. The van der Waals surface area contributed by atoms with Gasteiger partial charge in [-0.25, -0.2) is 13.9 Å². The largest absolute Gasteiger partial charge is 0.416 e. The Labute approximate surface area is 228 Å². The summed E-state index contributed by atoms with van der Waals surface area (Å²) in [5, 5.41) is 9.92. The number of urea groups is 1. The average molecular weight is 554 g/mol. The van der Waals surface area contributed by atoms with Crippen LogP contribution >= 0.6 is 0 Å². The first-order chi connectivity index (χ1) is 19.1. The van der Waals surface area contributed by atoms with Gasteiger partial charge in [-0.2, -0.15) is 18.3 Å². The first-order valence-electron chi connectivity index (χ1n) is 12.6. The molecule has 0 radical (unpaired) electrons. The predicted molar refractivity (Wildman–Crippen MR) is 145 cm³/mol. The monoisotopic (exact) mass is 553 g/mol. The number of aromatic nitrogens is 2. The first kappa shape index (κ1) is 28.3. The fraction of sp³-hybridized carbons (Fsp3) is 0.207. The summed E-state index contributed by atoms with van der Waals surface area (Å²) >= 11 is 0. The molecule has 7 nitrogen and oxygen atoms in total. The fourth-order valence-electron chi connectivity index (χ4n) is 3.90. The molecule has 1 aromatic heterocycles. The van der Waals surface area contributed by atoms with Crippen LogP contribution in [0.25, 0.3) is 16.9 Å². The third-order valence-electron chi connectivity index (χ3n) is 5.98. The Balaban J connectivity index is 1.52. The number of amides is 3. The minimum atomic E-state index is -4.49. The molecule has 3 aromatic carbocycles. The van der Waals surface area contributed by atoms with Crippen molar-refractivity contribution in [3.05, 3.63) is 96.3 Å². The number of nitrogens with zero attached hydrogens (tertiary/aromatic N) is 3. The van der Waals surface area contributed by atoms with E-state index in [0.29, 0.717) is 23.6 Å². The maximum atomic E-state index is 13.5. The van der Waals surface area contributed by atoms with Crippen molar-refractivity contribution in [3.8, 4) is 16.9 Å².